The van der Waals surface area contributed by atoms with Gasteiger partial charge in [-0.25, -0.2) is 12.7 Å². The van der Waals surface area contributed by atoms with Crippen LogP contribution in [0.25, 0.3) is 0 Å². The van der Waals surface area contributed by atoms with Crippen LogP contribution in [0.4, 0.5) is 0 Å². The zero-order valence-corrected chi connectivity index (χ0v) is 12.5. The van der Waals surface area contributed by atoms with Gasteiger partial charge in [0.2, 0.25) is 10.0 Å². The monoisotopic (exact) mass is 335 g/mol. The third-order valence-electron chi connectivity index (χ3n) is 2.74. The summed E-state index contributed by atoms with van der Waals surface area (Å²) in [5, 5.41) is 4.13. The maximum absolute atomic E-state index is 12.2. The molecule has 8 heteroatoms. The van der Waals surface area contributed by atoms with Crippen molar-refractivity contribution in [1.82, 2.24) is 14.1 Å². The minimum Gasteiger partial charge on any atom is -0.268 e. The van der Waals surface area contributed by atoms with Gasteiger partial charge in [-0.1, -0.05) is 0 Å². The Balaban J connectivity index is 2.35. The molecule has 0 N–H and O–H groups in total. The highest BCUT2D eigenvalue weighted by atomic mass is 79.9. The van der Waals surface area contributed by atoms with E-state index < -0.39 is 15.9 Å². The molecule has 0 atom stereocenters. The van der Waals surface area contributed by atoms with E-state index in [1.807, 2.05) is 13.8 Å². The fourth-order valence-electron chi connectivity index (χ4n) is 1.76. The maximum Gasteiger partial charge on any atom is 0.289 e. The van der Waals surface area contributed by atoms with Crippen LogP contribution in [0.5, 0.6) is 0 Å². The van der Waals surface area contributed by atoms with Crippen molar-refractivity contribution in [3.63, 3.8) is 0 Å². The van der Waals surface area contributed by atoms with Gasteiger partial charge < -0.3 is 0 Å². The number of hydrogen-bond donors (Lipinski definition) is 0. The summed E-state index contributed by atoms with van der Waals surface area (Å²) < 4.78 is 26.4. The number of hydrogen-bond acceptors (Lipinski definition) is 4. The van der Waals surface area contributed by atoms with Crippen LogP contribution in [0.15, 0.2) is 10.7 Å². The van der Waals surface area contributed by atoms with Gasteiger partial charge in [0.15, 0.2) is 5.69 Å². The van der Waals surface area contributed by atoms with Crippen molar-refractivity contribution < 1.29 is 13.2 Å². The van der Waals surface area contributed by atoms with Crippen molar-refractivity contribution in [3.05, 3.63) is 16.4 Å². The lowest BCUT2D eigenvalue weighted by molar-refractivity contribution is 0.0862. The van der Waals surface area contributed by atoms with Gasteiger partial charge in [-0.2, -0.15) is 5.10 Å². The molecule has 1 fully saturated rings. The third kappa shape index (κ3) is 2.31. The highest BCUT2D eigenvalue weighted by Crippen LogP contribution is 2.23. The largest absolute Gasteiger partial charge is 0.289 e. The quantitative estimate of drug-likeness (QED) is 0.818. The van der Waals surface area contributed by atoms with Gasteiger partial charge in [0.1, 0.15) is 0 Å². The lowest BCUT2D eigenvalue weighted by Gasteiger charge is -2.13. The van der Waals surface area contributed by atoms with E-state index in [-0.39, 0.29) is 24.0 Å². The fourth-order valence-corrected chi connectivity index (χ4v) is 3.68. The molecule has 2 rings (SSSR count). The van der Waals surface area contributed by atoms with Crippen LogP contribution >= 0.6 is 15.9 Å². The summed E-state index contributed by atoms with van der Waals surface area (Å²) in [4.78, 5) is 12.2. The first-order valence-corrected chi connectivity index (χ1v) is 8.02. The molecule has 0 bridgehead atoms. The number of aromatic nitrogens is 2. The van der Waals surface area contributed by atoms with E-state index >= 15 is 0 Å². The molecule has 0 spiro atoms. The number of halogens is 1. The minimum absolute atomic E-state index is 0.0290. The molecule has 1 aromatic rings. The highest BCUT2D eigenvalue weighted by Gasteiger charge is 2.35. The van der Waals surface area contributed by atoms with Crippen molar-refractivity contribution in [2.75, 3.05) is 12.3 Å². The van der Waals surface area contributed by atoms with Crippen LogP contribution in [0.3, 0.4) is 0 Å². The lowest BCUT2D eigenvalue weighted by Crippen LogP contribution is -2.33. The average Bonchev–Trinajstić information content (AvgIpc) is 2.80. The van der Waals surface area contributed by atoms with E-state index in [2.05, 4.69) is 21.0 Å². The number of carbonyl (C=O) groups is 1. The van der Waals surface area contributed by atoms with E-state index in [0.29, 0.717) is 10.9 Å². The molecule has 0 radical (unpaired) electrons. The summed E-state index contributed by atoms with van der Waals surface area (Å²) in [5.41, 5.74) is 0.147. The number of rotatable bonds is 2. The van der Waals surface area contributed by atoms with Crippen molar-refractivity contribution in [2.24, 2.45) is 0 Å². The molecule has 0 saturated carbocycles. The Morgan fingerprint density at radius 1 is 1.50 bits per heavy atom. The zero-order valence-electron chi connectivity index (χ0n) is 10.1. The van der Waals surface area contributed by atoms with Gasteiger partial charge in [0.05, 0.1) is 10.2 Å². The van der Waals surface area contributed by atoms with Crippen molar-refractivity contribution in [1.29, 1.82) is 0 Å². The second-order valence-corrected chi connectivity index (χ2v) is 7.31. The Bertz CT molecular complexity index is 579. The summed E-state index contributed by atoms with van der Waals surface area (Å²) in [6.07, 6.45) is 2.16. The molecule has 1 aromatic heterocycles. The molecule has 1 aliphatic heterocycles. The van der Waals surface area contributed by atoms with Gasteiger partial charge in [0, 0.05) is 18.8 Å². The lowest BCUT2D eigenvalue weighted by atomic mass is 10.4. The standard InChI is InChI=1S/C10H14BrN3O3S/c1-7(2)13-6-8(11)9(12-13)10(15)14-4-3-5-18(14,16)17/h6-7H,3-5H2,1-2H3. The third-order valence-corrected chi connectivity index (χ3v) is 5.15. The molecule has 100 valence electrons. The maximum atomic E-state index is 12.2. The van der Waals surface area contributed by atoms with Crippen molar-refractivity contribution in [2.45, 2.75) is 26.3 Å². The summed E-state index contributed by atoms with van der Waals surface area (Å²) in [5.74, 6) is -0.528. The first-order valence-electron chi connectivity index (χ1n) is 5.62. The highest BCUT2D eigenvalue weighted by molar-refractivity contribution is 9.10. The Morgan fingerprint density at radius 3 is 2.61 bits per heavy atom. The predicted molar refractivity (Wildman–Crippen MR) is 69.8 cm³/mol. The average molecular weight is 336 g/mol. The summed E-state index contributed by atoms with van der Waals surface area (Å²) in [6, 6.07) is 0.109. The second kappa shape index (κ2) is 4.65. The zero-order chi connectivity index (χ0) is 13.5. The van der Waals surface area contributed by atoms with Gasteiger partial charge in [-0.05, 0) is 36.2 Å². The molecule has 18 heavy (non-hydrogen) atoms. The van der Waals surface area contributed by atoms with Crippen LogP contribution in [0.1, 0.15) is 36.8 Å². The first kappa shape index (κ1) is 13.5. The van der Waals surface area contributed by atoms with E-state index in [9.17, 15) is 13.2 Å². The van der Waals surface area contributed by atoms with Crippen LogP contribution in [0.2, 0.25) is 0 Å². The SMILES string of the molecule is CC(C)n1cc(Br)c(C(=O)N2CCCS2(=O)=O)n1. The molecule has 2 heterocycles. The molecule has 6 nitrogen and oxygen atoms in total. The van der Waals surface area contributed by atoms with E-state index in [1.165, 1.54) is 0 Å². The van der Waals surface area contributed by atoms with Crippen LogP contribution in [0, 0.1) is 0 Å². The Kier molecular flexibility index (Phi) is 3.50. The topological polar surface area (TPSA) is 72.3 Å². The van der Waals surface area contributed by atoms with E-state index in [1.54, 1.807) is 10.9 Å². The molecule has 0 aromatic carbocycles. The van der Waals surface area contributed by atoms with Crippen molar-refractivity contribution >= 4 is 31.9 Å². The smallest absolute Gasteiger partial charge is 0.268 e. The van der Waals surface area contributed by atoms with Gasteiger partial charge in [-0.15, -0.1) is 0 Å². The molecule has 1 aliphatic rings. The molecular weight excluding hydrogens is 322 g/mol. The Labute approximate surface area is 114 Å². The van der Waals surface area contributed by atoms with E-state index in [0.717, 1.165) is 4.31 Å². The van der Waals surface area contributed by atoms with E-state index in [4.69, 9.17) is 0 Å². The predicted octanol–water partition coefficient (Wildman–Crippen LogP) is 1.40. The van der Waals surface area contributed by atoms with Crippen LogP contribution < -0.4 is 0 Å². The van der Waals surface area contributed by atoms with Gasteiger partial charge >= 0.3 is 0 Å². The Hall–Kier alpha value is -0.890. The number of carbonyl (C=O) groups excluding carboxylic acids is 1. The van der Waals surface area contributed by atoms with Crippen LogP contribution in [-0.2, 0) is 10.0 Å². The molecule has 1 amide bonds. The fraction of sp³-hybridized carbons (Fsp3) is 0.600. The summed E-state index contributed by atoms with van der Waals surface area (Å²) in [7, 11) is -3.45. The number of nitrogens with zero attached hydrogens (tertiary/aromatic N) is 3. The summed E-state index contributed by atoms with van der Waals surface area (Å²) >= 11 is 3.25. The number of sulfonamides is 1. The molecule has 0 aliphatic carbocycles. The van der Waals surface area contributed by atoms with Gasteiger partial charge in [0.25, 0.3) is 5.91 Å². The Morgan fingerprint density at radius 2 is 2.17 bits per heavy atom. The molecular formula is C10H14BrN3O3S. The first-order chi connectivity index (χ1) is 8.33. The second-order valence-electron chi connectivity index (χ2n) is 4.45. The molecule has 1 saturated heterocycles. The normalized spacial score (nSPS) is 18.6. The van der Waals surface area contributed by atoms with Gasteiger partial charge in [-0.3, -0.25) is 9.48 Å². The van der Waals surface area contributed by atoms with Crippen LogP contribution in [-0.4, -0.2) is 40.7 Å². The number of amides is 1. The molecule has 0 unspecified atom stereocenters. The minimum atomic E-state index is -3.45. The van der Waals surface area contributed by atoms with Crippen molar-refractivity contribution in [3.8, 4) is 0 Å². The summed E-state index contributed by atoms with van der Waals surface area (Å²) in [6.45, 7) is 4.10.